The van der Waals surface area contributed by atoms with E-state index in [4.69, 9.17) is 0 Å². The molecule has 1 heterocycles. The van der Waals surface area contributed by atoms with Crippen molar-refractivity contribution >= 4 is 22.4 Å². The Labute approximate surface area is 129 Å². The van der Waals surface area contributed by atoms with Crippen LogP contribution in [0.15, 0.2) is 29.6 Å². The zero-order chi connectivity index (χ0) is 15.0. The summed E-state index contributed by atoms with van der Waals surface area (Å²) in [5.41, 5.74) is 3.34. The summed E-state index contributed by atoms with van der Waals surface area (Å²) in [4.78, 5) is 16.4. The molecule has 0 bridgehead atoms. The lowest BCUT2D eigenvalue weighted by atomic mass is 10.0. The molecule has 0 saturated heterocycles. The monoisotopic (exact) mass is 300 g/mol. The fraction of sp³-hybridized carbons (Fsp3) is 0.412. The van der Waals surface area contributed by atoms with Crippen molar-refractivity contribution < 1.29 is 4.79 Å². The molecule has 1 aliphatic carbocycles. The standard InChI is InChI=1S/C17H20N2OS/c1-10(2)12-4-6-13(7-5-12)15-9-21-17(18-15)19-16(20)14-8-11(14)3/h4-7,9-11,14H,8H2,1-3H3,(H,18,19,20). The van der Waals surface area contributed by atoms with E-state index in [-0.39, 0.29) is 11.8 Å². The van der Waals surface area contributed by atoms with E-state index < -0.39 is 0 Å². The van der Waals surface area contributed by atoms with Gasteiger partial charge < -0.3 is 5.32 Å². The van der Waals surface area contributed by atoms with E-state index in [2.05, 4.69) is 55.3 Å². The maximum atomic E-state index is 11.9. The maximum Gasteiger partial charge on any atom is 0.229 e. The molecule has 3 rings (SSSR count). The van der Waals surface area contributed by atoms with Crippen molar-refractivity contribution in [2.75, 3.05) is 5.32 Å². The van der Waals surface area contributed by atoms with Gasteiger partial charge in [0.25, 0.3) is 0 Å². The van der Waals surface area contributed by atoms with E-state index in [1.165, 1.54) is 16.9 Å². The van der Waals surface area contributed by atoms with Crippen LogP contribution in [0.2, 0.25) is 0 Å². The van der Waals surface area contributed by atoms with Gasteiger partial charge in [-0.25, -0.2) is 4.98 Å². The second-order valence-corrected chi connectivity index (χ2v) is 6.98. The molecule has 0 radical (unpaired) electrons. The van der Waals surface area contributed by atoms with Gasteiger partial charge in [0.2, 0.25) is 5.91 Å². The van der Waals surface area contributed by atoms with Crippen molar-refractivity contribution in [1.82, 2.24) is 4.98 Å². The lowest BCUT2D eigenvalue weighted by Crippen LogP contribution is -2.14. The van der Waals surface area contributed by atoms with Crippen LogP contribution in [0.25, 0.3) is 11.3 Å². The third-order valence-electron chi connectivity index (χ3n) is 4.05. The number of nitrogens with zero attached hydrogens (tertiary/aromatic N) is 1. The summed E-state index contributed by atoms with van der Waals surface area (Å²) in [7, 11) is 0. The topological polar surface area (TPSA) is 42.0 Å². The van der Waals surface area contributed by atoms with E-state index in [0.29, 0.717) is 17.0 Å². The van der Waals surface area contributed by atoms with Gasteiger partial charge >= 0.3 is 0 Å². The van der Waals surface area contributed by atoms with Crippen LogP contribution in [0.4, 0.5) is 5.13 Å². The second-order valence-electron chi connectivity index (χ2n) is 6.12. The van der Waals surface area contributed by atoms with Crippen molar-refractivity contribution in [3.63, 3.8) is 0 Å². The van der Waals surface area contributed by atoms with E-state index >= 15 is 0 Å². The molecule has 0 spiro atoms. The van der Waals surface area contributed by atoms with Crippen LogP contribution in [0.5, 0.6) is 0 Å². The molecule has 4 heteroatoms. The second kappa shape index (κ2) is 5.60. The lowest BCUT2D eigenvalue weighted by molar-refractivity contribution is -0.117. The number of rotatable bonds is 4. The van der Waals surface area contributed by atoms with Gasteiger partial charge in [-0.2, -0.15) is 0 Å². The Kier molecular flexibility index (Phi) is 3.81. The number of hydrogen-bond donors (Lipinski definition) is 1. The first-order chi connectivity index (χ1) is 10.0. The Morgan fingerprint density at radius 1 is 1.33 bits per heavy atom. The molecule has 21 heavy (non-hydrogen) atoms. The molecule has 2 atom stereocenters. The zero-order valence-corrected chi connectivity index (χ0v) is 13.4. The van der Waals surface area contributed by atoms with Crippen LogP contribution in [0, 0.1) is 11.8 Å². The lowest BCUT2D eigenvalue weighted by Gasteiger charge is -2.05. The summed E-state index contributed by atoms with van der Waals surface area (Å²) >= 11 is 1.49. The first kappa shape index (κ1) is 14.3. The highest BCUT2D eigenvalue weighted by atomic mass is 32.1. The smallest absolute Gasteiger partial charge is 0.229 e. The molecule has 1 N–H and O–H groups in total. The van der Waals surface area contributed by atoms with Crippen molar-refractivity contribution in [3.05, 3.63) is 35.2 Å². The van der Waals surface area contributed by atoms with Crippen LogP contribution in [-0.2, 0) is 4.79 Å². The van der Waals surface area contributed by atoms with E-state index in [1.54, 1.807) is 0 Å². The van der Waals surface area contributed by atoms with Crippen molar-refractivity contribution in [1.29, 1.82) is 0 Å². The summed E-state index contributed by atoms with van der Waals surface area (Å²) in [6.45, 7) is 6.47. The van der Waals surface area contributed by atoms with Gasteiger partial charge in [-0.15, -0.1) is 11.3 Å². The maximum absolute atomic E-state index is 11.9. The molecular formula is C17H20N2OS. The predicted octanol–water partition coefficient (Wildman–Crippen LogP) is 4.53. The summed E-state index contributed by atoms with van der Waals surface area (Å²) in [6.07, 6.45) is 1.00. The number of anilines is 1. The molecule has 0 aliphatic heterocycles. The molecular weight excluding hydrogens is 280 g/mol. The van der Waals surface area contributed by atoms with Gasteiger partial charge in [0.15, 0.2) is 5.13 Å². The first-order valence-corrected chi connectivity index (χ1v) is 8.29. The predicted molar refractivity (Wildman–Crippen MR) is 87.5 cm³/mol. The summed E-state index contributed by atoms with van der Waals surface area (Å²) in [6, 6.07) is 8.48. The van der Waals surface area contributed by atoms with E-state index in [0.717, 1.165) is 17.7 Å². The Hall–Kier alpha value is -1.68. The molecule has 3 nitrogen and oxygen atoms in total. The fourth-order valence-corrected chi connectivity index (χ4v) is 3.11. The summed E-state index contributed by atoms with van der Waals surface area (Å²) in [5, 5.41) is 5.62. The van der Waals surface area contributed by atoms with Crippen LogP contribution in [0.1, 0.15) is 38.7 Å². The Morgan fingerprint density at radius 2 is 2.00 bits per heavy atom. The molecule has 2 unspecified atom stereocenters. The fourth-order valence-electron chi connectivity index (χ4n) is 2.39. The Bertz CT molecular complexity index is 645. The molecule has 1 saturated carbocycles. The molecule has 1 aromatic carbocycles. The molecule has 2 aromatic rings. The van der Waals surface area contributed by atoms with Crippen molar-refractivity contribution in [2.24, 2.45) is 11.8 Å². The van der Waals surface area contributed by atoms with Gasteiger partial charge in [-0.1, -0.05) is 45.0 Å². The molecule has 1 fully saturated rings. The zero-order valence-electron chi connectivity index (χ0n) is 12.6. The Balaban J connectivity index is 1.70. The largest absolute Gasteiger partial charge is 0.302 e. The van der Waals surface area contributed by atoms with Crippen LogP contribution in [0.3, 0.4) is 0 Å². The summed E-state index contributed by atoms with van der Waals surface area (Å²) in [5.74, 6) is 1.35. The van der Waals surface area contributed by atoms with Crippen LogP contribution < -0.4 is 5.32 Å². The number of amides is 1. The number of thiazole rings is 1. The normalized spacial score (nSPS) is 20.6. The third-order valence-corrected chi connectivity index (χ3v) is 4.81. The van der Waals surface area contributed by atoms with Crippen LogP contribution >= 0.6 is 11.3 Å². The van der Waals surface area contributed by atoms with Crippen molar-refractivity contribution in [3.8, 4) is 11.3 Å². The molecule has 1 aromatic heterocycles. The number of carbonyl (C=O) groups is 1. The van der Waals surface area contributed by atoms with E-state index in [1.807, 2.05) is 5.38 Å². The number of aromatic nitrogens is 1. The number of hydrogen-bond acceptors (Lipinski definition) is 3. The average molecular weight is 300 g/mol. The minimum atomic E-state index is 0.110. The molecule has 110 valence electrons. The van der Waals surface area contributed by atoms with E-state index in [9.17, 15) is 4.79 Å². The minimum Gasteiger partial charge on any atom is -0.302 e. The SMILES string of the molecule is CC(C)c1ccc(-c2csc(NC(=O)C3CC3C)n2)cc1. The average Bonchev–Trinajstić information content (AvgIpc) is 3.02. The first-order valence-electron chi connectivity index (χ1n) is 7.41. The van der Waals surface area contributed by atoms with Gasteiger partial charge in [0, 0.05) is 16.9 Å². The highest BCUT2D eigenvalue weighted by Gasteiger charge is 2.39. The quantitative estimate of drug-likeness (QED) is 0.901. The van der Waals surface area contributed by atoms with Gasteiger partial charge in [-0.3, -0.25) is 4.79 Å². The number of carbonyl (C=O) groups excluding carboxylic acids is 1. The number of benzene rings is 1. The molecule has 1 aliphatic rings. The Morgan fingerprint density at radius 3 is 2.57 bits per heavy atom. The van der Waals surface area contributed by atoms with Crippen LogP contribution in [-0.4, -0.2) is 10.9 Å². The van der Waals surface area contributed by atoms with Gasteiger partial charge in [0.1, 0.15) is 0 Å². The van der Waals surface area contributed by atoms with Gasteiger partial charge in [0.05, 0.1) is 5.69 Å². The van der Waals surface area contributed by atoms with Crippen molar-refractivity contribution in [2.45, 2.75) is 33.1 Å². The summed E-state index contributed by atoms with van der Waals surface area (Å²) < 4.78 is 0. The van der Waals surface area contributed by atoms with Gasteiger partial charge in [-0.05, 0) is 23.8 Å². The minimum absolute atomic E-state index is 0.110. The highest BCUT2D eigenvalue weighted by molar-refractivity contribution is 7.14. The highest BCUT2D eigenvalue weighted by Crippen LogP contribution is 2.38. The molecule has 1 amide bonds. The third kappa shape index (κ3) is 3.16. The number of nitrogens with one attached hydrogen (secondary N) is 1.